The predicted octanol–water partition coefficient (Wildman–Crippen LogP) is 2.21. The fourth-order valence-electron chi connectivity index (χ4n) is 3.46. The van der Waals surface area contributed by atoms with Crippen LogP contribution in [0.1, 0.15) is 32.0 Å². The number of aromatic nitrogens is 1. The molecule has 0 saturated carbocycles. The number of amides is 2. The van der Waals surface area contributed by atoms with Gasteiger partial charge in [-0.1, -0.05) is 35.5 Å². The Kier molecular flexibility index (Phi) is 5.46. The lowest BCUT2D eigenvalue weighted by Gasteiger charge is -2.44. The number of nitrogens with one attached hydrogen (secondary N) is 1. The maximum Gasteiger partial charge on any atom is 0.276 e. The molecule has 3 N–H and O–H groups in total. The number of rotatable bonds is 6. The standard InChI is InChI=1S/C20H23N5O3S2/c1-11-20(2,3)30-18-15(17(27)25(11)18)23-16(26)14(13-10-29-19(21)22-13)24-28-9-12-7-5-4-6-8-12/h4-8,10-11,15,18H,9H2,1-3H3,(H2,21,22)(H,23,26)/t11-,15+,18+/m0/s1. The fourth-order valence-corrected chi connectivity index (χ4v) is 5.66. The third-order valence-corrected chi connectivity index (χ3v) is 7.79. The Hall–Kier alpha value is -2.59. The molecule has 10 heteroatoms. The monoisotopic (exact) mass is 445 g/mol. The van der Waals surface area contributed by atoms with Gasteiger partial charge in [0, 0.05) is 16.2 Å². The third-order valence-electron chi connectivity index (χ3n) is 5.42. The third kappa shape index (κ3) is 3.77. The van der Waals surface area contributed by atoms with E-state index in [-0.39, 0.29) is 34.4 Å². The molecule has 8 nitrogen and oxygen atoms in total. The number of hydrogen-bond donors (Lipinski definition) is 2. The Labute approximate surface area is 182 Å². The van der Waals surface area contributed by atoms with Crippen molar-refractivity contribution in [2.24, 2.45) is 5.16 Å². The van der Waals surface area contributed by atoms with E-state index in [9.17, 15) is 9.59 Å². The smallest absolute Gasteiger partial charge is 0.276 e. The topological polar surface area (TPSA) is 110 Å². The first-order chi connectivity index (χ1) is 14.3. The van der Waals surface area contributed by atoms with Crippen LogP contribution < -0.4 is 11.1 Å². The molecule has 2 amide bonds. The molecule has 0 unspecified atom stereocenters. The van der Waals surface area contributed by atoms with Crippen LogP contribution in [0.15, 0.2) is 40.9 Å². The summed E-state index contributed by atoms with van der Waals surface area (Å²) in [5.41, 5.74) is 6.97. The van der Waals surface area contributed by atoms with Gasteiger partial charge in [-0.25, -0.2) is 4.98 Å². The average Bonchev–Trinajstić information content (AvgIpc) is 3.23. The van der Waals surface area contributed by atoms with E-state index in [4.69, 9.17) is 10.6 Å². The molecule has 1 aromatic heterocycles. The highest BCUT2D eigenvalue weighted by atomic mass is 32.2. The molecule has 1 aromatic carbocycles. The normalized spacial score (nSPS) is 24.9. The van der Waals surface area contributed by atoms with Gasteiger partial charge in [-0.05, 0) is 26.3 Å². The quantitative estimate of drug-likeness (QED) is 0.401. The van der Waals surface area contributed by atoms with Gasteiger partial charge in [0.1, 0.15) is 23.7 Å². The zero-order valence-electron chi connectivity index (χ0n) is 16.9. The van der Waals surface area contributed by atoms with Crippen molar-refractivity contribution in [2.45, 2.75) is 49.6 Å². The van der Waals surface area contributed by atoms with E-state index in [1.54, 1.807) is 17.1 Å². The number of carbonyl (C=O) groups is 2. The summed E-state index contributed by atoms with van der Waals surface area (Å²) in [6.07, 6.45) is 0. The van der Waals surface area contributed by atoms with E-state index < -0.39 is 11.9 Å². The molecule has 158 valence electrons. The molecule has 3 heterocycles. The van der Waals surface area contributed by atoms with Crippen LogP contribution in [-0.2, 0) is 21.0 Å². The minimum absolute atomic E-state index is 0.000404. The highest BCUT2D eigenvalue weighted by Crippen LogP contribution is 2.50. The molecule has 0 radical (unpaired) electrons. The first-order valence-corrected chi connectivity index (χ1v) is 11.3. The highest BCUT2D eigenvalue weighted by Gasteiger charge is 2.60. The molecule has 2 fully saturated rings. The molecule has 2 aliphatic rings. The second-order valence-electron chi connectivity index (χ2n) is 7.75. The molecule has 2 aliphatic heterocycles. The number of carbonyl (C=O) groups excluding carboxylic acids is 2. The number of anilines is 1. The van der Waals surface area contributed by atoms with Gasteiger partial charge in [0.15, 0.2) is 10.8 Å². The molecule has 0 spiro atoms. The van der Waals surface area contributed by atoms with E-state index in [1.165, 1.54) is 11.3 Å². The van der Waals surface area contributed by atoms with Crippen molar-refractivity contribution < 1.29 is 14.4 Å². The average molecular weight is 446 g/mol. The summed E-state index contributed by atoms with van der Waals surface area (Å²) >= 11 is 2.90. The van der Waals surface area contributed by atoms with Crippen LogP contribution in [0, 0.1) is 0 Å². The number of oxime groups is 1. The van der Waals surface area contributed by atoms with Crippen LogP contribution in [0.5, 0.6) is 0 Å². The van der Waals surface area contributed by atoms with Crippen molar-refractivity contribution in [3.8, 4) is 0 Å². The van der Waals surface area contributed by atoms with Crippen LogP contribution in [0.3, 0.4) is 0 Å². The lowest BCUT2D eigenvalue weighted by molar-refractivity contribution is -0.150. The summed E-state index contributed by atoms with van der Waals surface area (Å²) in [5.74, 6) is -0.592. The van der Waals surface area contributed by atoms with Gasteiger partial charge in [0.2, 0.25) is 5.91 Å². The van der Waals surface area contributed by atoms with Crippen LogP contribution in [0.4, 0.5) is 5.13 Å². The number of benzene rings is 1. The molecule has 4 rings (SSSR count). The van der Waals surface area contributed by atoms with E-state index in [2.05, 4.69) is 29.3 Å². The van der Waals surface area contributed by atoms with Crippen molar-refractivity contribution in [3.05, 3.63) is 47.0 Å². The molecule has 0 aliphatic carbocycles. The van der Waals surface area contributed by atoms with Crippen LogP contribution in [-0.4, -0.2) is 49.6 Å². The fraction of sp³-hybridized carbons (Fsp3) is 0.400. The SMILES string of the molecule is C[C@@H]1N2C(=O)[C@@H](NC(=O)C(=NOCc3ccccc3)c3csc(N)n3)[C@H]2SC1(C)C. The summed E-state index contributed by atoms with van der Waals surface area (Å²) in [4.78, 5) is 37.0. The van der Waals surface area contributed by atoms with Crippen molar-refractivity contribution >= 4 is 45.8 Å². The predicted molar refractivity (Wildman–Crippen MR) is 118 cm³/mol. The molecule has 30 heavy (non-hydrogen) atoms. The zero-order valence-corrected chi connectivity index (χ0v) is 18.5. The number of nitrogens with zero attached hydrogens (tertiary/aromatic N) is 3. The molecule has 2 saturated heterocycles. The summed E-state index contributed by atoms with van der Waals surface area (Å²) in [7, 11) is 0. The second-order valence-corrected chi connectivity index (χ2v) is 10.4. The highest BCUT2D eigenvalue weighted by molar-refractivity contribution is 8.01. The maximum atomic E-state index is 13.0. The number of thiazole rings is 1. The largest absolute Gasteiger partial charge is 0.390 e. The Bertz CT molecular complexity index is 991. The van der Waals surface area contributed by atoms with Crippen molar-refractivity contribution in [1.29, 1.82) is 0 Å². The number of β-lactam (4-membered cyclic amide) rings is 1. The van der Waals surface area contributed by atoms with E-state index >= 15 is 0 Å². The van der Waals surface area contributed by atoms with Gasteiger partial charge in [0.05, 0.1) is 0 Å². The minimum Gasteiger partial charge on any atom is -0.390 e. The number of fused-ring (bicyclic) bond motifs is 1. The molecule has 3 atom stereocenters. The lowest BCUT2D eigenvalue weighted by Crippen LogP contribution is -2.69. The number of thioether (sulfide) groups is 1. The zero-order chi connectivity index (χ0) is 21.5. The molecular formula is C20H23N5O3S2. The van der Waals surface area contributed by atoms with Crippen molar-refractivity contribution in [2.75, 3.05) is 5.73 Å². The number of nitrogen functional groups attached to an aromatic ring is 1. The molecular weight excluding hydrogens is 422 g/mol. The van der Waals surface area contributed by atoms with Crippen molar-refractivity contribution in [1.82, 2.24) is 15.2 Å². The molecule has 2 aromatic rings. The Morgan fingerprint density at radius 1 is 1.37 bits per heavy atom. The first kappa shape index (κ1) is 20.7. The number of hydrogen-bond acceptors (Lipinski definition) is 8. The van der Waals surface area contributed by atoms with Gasteiger partial charge in [-0.3, -0.25) is 9.59 Å². The summed E-state index contributed by atoms with van der Waals surface area (Å²) in [5, 5.41) is 8.72. The van der Waals surface area contributed by atoms with Crippen LogP contribution >= 0.6 is 23.1 Å². The van der Waals surface area contributed by atoms with E-state index in [0.29, 0.717) is 10.8 Å². The number of nitrogens with two attached hydrogens (primary N) is 1. The second kappa shape index (κ2) is 7.92. The van der Waals surface area contributed by atoms with E-state index in [0.717, 1.165) is 5.56 Å². The minimum atomic E-state index is -0.595. The van der Waals surface area contributed by atoms with Gasteiger partial charge < -0.3 is 20.8 Å². The first-order valence-electron chi connectivity index (χ1n) is 9.54. The van der Waals surface area contributed by atoms with Gasteiger partial charge in [-0.15, -0.1) is 23.1 Å². The van der Waals surface area contributed by atoms with E-state index in [1.807, 2.05) is 42.2 Å². The summed E-state index contributed by atoms with van der Waals surface area (Å²) < 4.78 is -0.0706. The Balaban J connectivity index is 1.49. The maximum absolute atomic E-state index is 13.0. The Morgan fingerprint density at radius 2 is 2.10 bits per heavy atom. The summed E-state index contributed by atoms with van der Waals surface area (Å²) in [6, 6.07) is 9.01. The van der Waals surface area contributed by atoms with Crippen molar-refractivity contribution in [3.63, 3.8) is 0 Å². The summed E-state index contributed by atoms with van der Waals surface area (Å²) in [6.45, 7) is 6.45. The van der Waals surface area contributed by atoms with Gasteiger partial charge >= 0.3 is 0 Å². The van der Waals surface area contributed by atoms with Gasteiger partial charge in [0.25, 0.3) is 5.91 Å². The van der Waals surface area contributed by atoms with Crippen LogP contribution in [0.2, 0.25) is 0 Å². The lowest BCUT2D eigenvalue weighted by atomic mass is 9.97. The van der Waals surface area contributed by atoms with Crippen LogP contribution in [0.25, 0.3) is 0 Å². The Morgan fingerprint density at radius 3 is 2.77 bits per heavy atom. The van der Waals surface area contributed by atoms with Gasteiger partial charge in [-0.2, -0.15) is 0 Å². The molecule has 0 bridgehead atoms.